The van der Waals surface area contributed by atoms with E-state index >= 15 is 0 Å². The van der Waals surface area contributed by atoms with Crippen molar-refractivity contribution >= 4 is 17.6 Å². The van der Waals surface area contributed by atoms with Crippen LogP contribution in [0.3, 0.4) is 0 Å². The number of benzene rings is 1. The molecule has 176 valence electrons. The molecule has 0 amide bonds. The second kappa shape index (κ2) is 7.93. The maximum atomic E-state index is 13.3. The highest BCUT2D eigenvalue weighted by Crippen LogP contribution is 2.52. The molecule has 0 saturated carbocycles. The Morgan fingerprint density at radius 1 is 1.06 bits per heavy atom. The molecule has 1 aromatic rings. The highest BCUT2D eigenvalue weighted by molar-refractivity contribution is 6.22. The first-order chi connectivity index (χ1) is 15.5. The largest absolute Gasteiger partial charge is 0.507 e. The molecule has 2 aliphatic heterocycles. The molecular formula is C24H28N2O7. The second-order valence-electron chi connectivity index (χ2n) is 8.61. The lowest BCUT2D eigenvalue weighted by Gasteiger charge is -2.51. The SMILES string of the molecule is COC1=C(C)C(=O)C=C([C@@H]2C3=Cc4c(O)c(C)c(OC)c(O)c4[C@H](C)N3[C@@H](O)CN2C)C1=O. The predicted octanol–water partition coefficient (Wildman–Crippen LogP) is 1.76. The number of hydrogen-bond donors (Lipinski definition) is 3. The third-order valence-electron chi connectivity index (χ3n) is 6.80. The molecule has 3 N–H and O–H groups in total. The van der Waals surface area contributed by atoms with Gasteiger partial charge < -0.3 is 29.7 Å². The second-order valence-corrected chi connectivity index (χ2v) is 8.61. The van der Waals surface area contributed by atoms with Crippen LogP contribution in [-0.2, 0) is 14.3 Å². The number of fused-ring (bicyclic) bond motifs is 2. The summed E-state index contributed by atoms with van der Waals surface area (Å²) < 4.78 is 10.5. The molecule has 3 aliphatic rings. The molecule has 2 heterocycles. The van der Waals surface area contributed by atoms with Crippen LogP contribution in [-0.4, -0.2) is 76.8 Å². The van der Waals surface area contributed by atoms with E-state index in [4.69, 9.17) is 9.47 Å². The van der Waals surface area contributed by atoms with E-state index in [9.17, 15) is 24.9 Å². The zero-order valence-corrected chi connectivity index (χ0v) is 19.5. The lowest BCUT2D eigenvalue weighted by atomic mass is 9.83. The summed E-state index contributed by atoms with van der Waals surface area (Å²) in [5.41, 5.74) is 2.15. The van der Waals surface area contributed by atoms with E-state index in [1.807, 2.05) is 0 Å². The van der Waals surface area contributed by atoms with Crippen molar-refractivity contribution in [2.45, 2.75) is 39.1 Å². The lowest BCUT2D eigenvalue weighted by molar-refractivity contribution is -0.119. The number of aliphatic hydroxyl groups excluding tert-OH is 1. The number of methoxy groups -OCH3 is 2. The fraction of sp³-hybridized carbons (Fsp3) is 0.417. The number of β-amino-alcohol motifs (C(OH)–C–C–N with tert-alkyl or cyclic N) is 1. The highest BCUT2D eigenvalue weighted by Gasteiger charge is 2.46. The standard InChI is InChI=1S/C24H28N2O7/c1-10-16(27)8-14(21(30)23(10)32-5)19-15-7-13-18(12(3)26(15)17(28)9-25(19)4)22(31)24(33-6)11(2)20(13)29/h7-8,12,17,19,28-29,31H,9H2,1-6H3/t12-,17-,19+/m0/s1. The average Bonchev–Trinajstić information content (AvgIpc) is 2.75. The quantitative estimate of drug-likeness (QED) is 0.462. The minimum absolute atomic E-state index is 0.00509. The number of nitrogens with zero attached hydrogens (tertiary/aromatic N) is 2. The number of phenolic OH excluding ortho intramolecular Hbond substituents is 2. The van der Waals surface area contributed by atoms with Crippen LogP contribution >= 0.6 is 0 Å². The number of aliphatic hydroxyl groups is 1. The highest BCUT2D eigenvalue weighted by atomic mass is 16.5. The molecule has 0 unspecified atom stereocenters. The molecule has 0 bridgehead atoms. The topological polar surface area (TPSA) is 120 Å². The number of piperazine rings is 1. The van der Waals surface area contributed by atoms with Gasteiger partial charge in [-0.2, -0.15) is 0 Å². The Balaban J connectivity index is 1.95. The van der Waals surface area contributed by atoms with Crippen molar-refractivity contribution in [3.63, 3.8) is 0 Å². The number of hydrogen-bond acceptors (Lipinski definition) is 9. The minimum atomic E-state index is -0.955. The van der Waals surface area contributed by atoms with Gasteiger partial charge >= 0.3 is 0 Å². The summed E-state index contributed by atoms with van der Waals surface area (Å²) in [6.45, 7) is 5.15. The summed E-state index contributed by atoms with van der Waals surface area (Å²) in [5, 5.41) is 32.8. The monoisotopic (exact) mass is 456 g/mol. The van der Waals surface area contributed by atoms with Gasteiger partial charge in [-0.3, -0.25) is 14.5 Å². The molecule has 0 spiro atoms. The minimum Gasteiger partial charge on any atom is -0.507 e. The predicted molar refractivity (Wildman–Crippen MR) is 120 cm³/mol. The molecule has 3 atom stereocenters. The fourth-order valence-corrected chi connectivity index (χ4v) is 5.17. The number of aromatic hydroxyl groups is 2. The summed E-state index contributed by atoms with van der Waals surface area (Å²) in [6.07, 6.45) is 2.01. The van der Waals surface area contributed by atoms with Crippen LogP contribution < -0.4 is 4.74 Å². The van der Waals surface area contributed by atoms with Gasteiger partial charge in [-0.25, -0.2) is 0 Å². The first kappa shape index (κ1) is 22.9. The summed E-state index contributed by atoms with van der Waals surface area (Å²) in [7, 11) is 4.51. The van der Waals surface area contributed by atoms with Crippen LogP contribution in [0.2, 0.25) is 0 Å². The molecule has 1 aliphatic carbocycles. The van der Waals surface area contributed by atoms with E-state index in [2.05, 4.69) is 0 Å². The molecule has 1 saturated heterocycles. The van der Waals surface area contributed by atoms with E-state index in [0.29, 0.717) is 22.4 Å². The number of ether oxygens (including phenoxy) is 2. The average molecular weight is 456 g/mol. The van der Waals surface area contributed by atoms with Gasteiger partial charge in [-0.1, -0.05) is 0 Å². The number of rotatable bonds is 3. The van der Waals surface area contributed by atoms with Gasteiger partial charge in [0, 0.05) is 40.1 Å². The van der Waals surface area contributed by atoms with Crippen LogP contribution in [0.4, 0.5) is 0 Å². The van der Waals surface area contributed by atoms with Gasteiger partial charge in [0.15, 0.2) is 23.0 Å². The Bertz CT molecular complexity index is 1160. The summed E-state index contributed by atoms with van der Waals surface area (Å²) in [4.78, 5) is 29.3. The Labute approximate surface area is 191 Å². The van der Waals surface area contributed by atoms with Crippen LogP contribution in [0.25, 0.3) is 6.08 Å². The van der Waals surface area contributed by atoms with Crippen molar-refractivity contribution in [3.8, 4) is 17.2 Å². The first-order valence-electron chi connectivity index (χ1n) is 10.6. The number of carbonyl (C=O) groups is 2. The molecule has 33 heavy (non-hydrogen) atoms. The first-order valence-corrected chi connectivity index (χ1v) is 10.6. The van der Waals surface area contributed by atoms with Gasteiger partial charge in [-0.15, -0.1) is 0 Å². The van der Waals surface area contributed by atoms with Crippen LogP contribution in [0.1, 0.15) is 36.6 Å². The third kappa shape index (κ3) is 3.14. The zero-order chi connectivity index (χ0) is 24.4. The maximum Gasteiger partial charge on any atom is 0.226 e. The number of ketones is 2. The number of Topliss-reactive ketones (excluding diaryl/α,β-unsaturated/α-hetero) is 1. The summed E-state index contributed by atoms with van der Waals surface area (Å²) in [6, 6.07) is -1.23. The zero-order valence-electron chi connectivity index (χ0n) is 19.5. The number of phenols is 2. The molecule has 1 fully saturated rings. The van der Waals surface area contributed by atoms with Crippen molar-refractivity contribution < 1.29 is 34.4 Å². The van der Waals surface area contributed by atoms with Gasteiger partial charge in [-0.05, 0) is 40.0 Å². The molecule has 0 aromatic heterocycles. The molecule has 9 heteroatoms. The smallest absolute Gasteiger partial charge is 0.226 e. The van der Waals surface area contributed by atoms with Crippen molar-refractivity contribution in [2.24, 2.45) is 0 Å². The van der Waals surface area contributed by atoms with E-state index < -0.39 is 24.1 Å². The van der Waals surface area contributed by atoms with Crippen LogP contribution in [0.5, 0.6) is 17.2 Å². The Morgan fingerprint density at radius 2 is 1.73 bits per heavy atom. The van der Waals surface area contributed by atoms with Crippen LogP contribution in [0.15, 0.2) is 28.7 Å². The van der Waals surface area contributed by atoms with E-state index in [1.54, 1.807) is 43.7 Å². The van der Waals surface area contributed by atoms with Crippen LogP contribution in [0, 0.1) is 6.92 Å². The lowest BCUT2D eigenvalue weighted by Crippen LogP contribution is -2.58. The van der Waals surface area contributed by atoms with Gasteiger partial charge in [0.25, 0.3) is 0 Å². The Kier molecular flexibility index (Phi) is 5.50. The molecule has 0 radical (unpaired) electrons. The molecule has 9 nitrogen and oxygen atoms in total. The van der Waals surface area contributed by atoms with E-state index in [0.717, 1.165) is 0 Å². The van der Waals surface area contributed by atoms with E-state index in [-0.39, 0.29) is 46.5 Å². The summed E-state index contributed by atoms with van der Waals surface area (Å²) >= 11 is 0. The number of likely N-dealkylation sites (N-methyl/N-ethyl adjacent to an activating group) is 1. The van der Waals surface area contributed by atoms with Crippen molar-refractivity contribution in [1.29, 1.82) is 0 Å². The molecular weight excluding hydrogens is 428 g/mol. The van der Waals surface area contributed by atoms with Crippen molar-refractivity contribution in [3.05, 3.63) is 45.4 Å². The number of carbonyl (C=O) groups excluding carboxylic acids is 2. The third-order valence-corrected chi connectivity index (χ3v) is 6.80. The van der Waals surface area contributed by atoms with Crippen molar-refractivity contribution in [2.75, 3.05) is 27.8 Å². The van der Waals surface area contributed by atoms with Gasteiger partial charge in [0.1, 0.15) is 12.0 Å². The number of allylic oxidation sites excluding steroid dienone is 3. The van der Waals surface area contributed by atoms with Gasteiger partial charge in [0.2, 0.25) is 5.78 Å². The van der Waals surface area contributed by atoms with Gasteiger partial charge in [0.05, 0.1) is 26.3 Å². The maximum absolute atomic E-state index is 13.3. The molecule has 4 rings (SSSR count). The summed E-state index contributed by atoms with van der Waals surface area (Å²) in [5.74, 6) is -0.741. The Morgan fingerprint density at radius 3 is 2.33 bits per heavy atom. The van der Waals surface area contributed by atoms with E-state index in [1.165, 1.54) is 20.3 Å². The fourth-order valence-electron chi connectivity index (χ4n) is 5.17. The molecule has 1 aromatic carbocycles. The normalized spacial score (nSPS) is 25.4. The Hall–Kier alpha value is -3.30. The van der Waals surface area contributed by atoms with Crippen molar-refractivity contribution in [1.82, 2.24) is 9.80 Å².